The van der Waals surface area contributed by atoms with E-state index in [1.165, 1.54) is 6.33 Å². The first kappa shape index (κ1) is 10.9. The van der Waals surface area contributed by atoms with Crippen LogP contribution in [-0.2, 0) is 4.74 Å². The van der Waals surface area contributed by atoms with Crippen LogP contribution in [-0.4, -0.2) is 35.9 Å². The summed E-state index contributed by atoms with van der Waals surface area (Å²) in [7, 11) is 0. The van der Waals surface area contributed by atoms with E-state index in [9.17, 15) is 0 Å². The van der Waals surface area contributed by atoms with Crippen molar-refractivity contribution in [1.82, 2.24) is 9.97 Å². The molecule has 1 aliphatic rings. The third-order valence-electron chi connectivity index (χ3n) is 2.53. The molecule has 1 atom stereocenters. The van der Waals surface area contributed by atoms with Gasteiger partial charge in [0.15, 0.2) is 11.6 Å². The van der Waals surface area contributed by atoms with Crippen molar-refractivity contribution in [3.8, 4) is 0 Å². The van der Waals surface area contributed by atoms with Crippen molar-refractivity contribution in [3.05, 3.63) is 6.33 Å². The molecular weight excluding hydrogens is 206 g/mol. The molecule has 0 bridgehead atoms. The predicted molar refractivity (Wildman–Crippen MR) is 63.4 cm³/mol. The van der Waals surface area contributed by atoms with Crippen LogP contribution in [0.25, 0.3) is 0 Å². The van der Waals surface area contributed by atoms with Crippen molar-refractivity contribution in [1.29, 1.82) is 0 Å². The number of hydrogen-bond donors (Lipinski definition) is 2. The number of aromatic nitrogens is 2. The van der Waals surface area contributed by atoms with Gasteiger partial charge in [0, 0.05) is 13.2 Å². The van der Waals surface area contributed by atoms with Crippen LogP contribution in [0, 0.1) is 0 Å². The highest BCUT2D eigenvalue weighted by molar-refractivity contribution is 5.79. The van der Waals surface area contributed by atoms with Crippen LogP contribution in [0.15, 0.2) is 6.33 Å². The fraction of sp³-hybridized carbons (Fsp3) is 0.600. The quantitative estimate of drug-likeness (QED) is 0.781. The van der Waals surface area contributed by atoms with E-state index in [2.05, 4.69) is 20.2 Å². The summed E-state index contributed by atoms with van der Waals surface area (Å²) in [6, 6.07) is 0. The molecule has 0 spiro atoms. The minimum absolute atomic E-state index is 0.175. The van der Waals surface area contributed by atoms with Crippen molar-refractivity contribution < 1.29 is 4.74 Å². The van der Waals surface area contributed by atoms with E-state index in [-0.39, 0.29) is 6.10 Å². The molecule has 0 radical (unpaired) electrons. The molecule has 6 heteroatoms. The maximum absolute atomic E-state index is 5.75. The second kappa shape index (κ2) is 4.52. The highest BCUT2D eigenvalue weighted by Crippen LogP contribution is 2.32. The van der Waals surface area contributed by atoms with Crippen molar-refractivity contribution >= 4 is 17.3 Å². The van der Waals surface area contributed by atoms with Crippen molar-refractivity contribution in [2.24, 2.45) is 0 Å². The molecule has 1 aromatic rings. The molecule has 0 saturated heterocycles. The number of nitrogens with two attached hydrogens (primary N) is 1. The van der Waals surface area contributed by atoms with Gasteiger partial charge in [-0.2, -0.15) is 0 Å². The number of rotatable bonds is 4. The normalized spacial score (nSPS) is 15.8. The lowest BCUT2D eigenvalue weighted by Crippen LogP contribution is -2.32. The highest BCUT2D eigenvalue weighted by atomic mass is 16.5. The summed E-state index contributed by atoms with van der Waals surface area (Å²) < 4.78 is 5.50. The van der Waals surface area contributed by atoms with Crippen LogP contribution in [0.5, 0.6) is 0 Å². The van der Waals surface area contributed by atoms with Crippen LogP contribution < -0.4 is 16.0 Å². The second-order valence-corrected chi connectivity index (χ2v) is 3.78. The Labute approximate surface area is 94.8 Å². The predicted octanol–water partition coefficient (Wildman–Crippen LogP) is 0.673. The molecule has 0 fully saturated rings. The minimum Gasteiger partial charge on any atom is -0.382 e. The zero-order valence-corrected chi connectivity index (χ0v) is 9.60. The molecule has 2 heterocycles. The lowest BCUT2D eigenvalue weighted by molar-refractivity contribution is 0.0813. The number of hydrogen-bond acceptors (Lipinski definition) is 6. The van der Waals surface area contributed by atoms with Crippen molar-refractivity contribution in [3.63, 3.8) is 0 Å². The maximum Gasteiger partial charge on any atom is 0.159 e. The molecule has 0 aromatic carbocycles. The Hall–Kier alpha value is -1.56. The second-order valence-electron chi connectivity index (χ2n) is 3.78. The molecule has 0 saturated carbocycles. The number of nitrogens with one attached hydrogen (secondary N) is 1. The van der Waals surface area contributed by atoms with Gasteiger partial charge in [-0.05, 0) is 13.8 Å². The maximum atomic E-state index is 5.75. The lowest BCUT2D eigenvalue weighted by atomic mass is 10.3. The molecule has 1 aliphatic heterocycles. The molecule has 2 rings (SSSR count). The molecule has 88 valence electrons. The summed E-state index contributed by atoms with van der Waals surface area (Å²) in [5.41, 5.74) is 6.58. The third-order valence-corrected chi connectivity index (χ3v) is 2.53. The lowest BCUT2D eigenvalue weighted by Gasteiger charge is -2.21. The molecular formula is C10H17N5O. The third kappa shape index (κ3) is 2.01. The molecule has 16 heavy (non-hydrogen) atoms. The van der Waals surface area contributed by atoms with E-state index < -0.39 is 0 Å². The molecule has 0 aliphatic carbocycles. The van der Waals surface area contributed by atoms with Crippen LogP contribution in [0.1, 0.15) is 13.8 Å². The summed E-state index contributed by atoms with van der Waals surface area (Å²) >= 11 is 0. The first-order valence-electron chi connectivity index (χ1n) is 5.43. The van der Waals surface area contributed by atoms with Crippen molar-refractivity contribution in [2.75, 3.05) is 35.8 Å². The van der Waals surface area contributed by atoms with Crippen LogP contribution in [0.2, 0.25) is 0 Å². The summed E-state index contributed by atoms with van der Waals surface area (Å²) in [6.07, 6.45) is 1.66. The van der Waals surface area contributed by atoms with Crippen molar-refractivity contribution in [2.45, 2.75) is 20.0 Å². The minimum atomic E-state index is 0.175. The monoisotopic (exact) mass is 223 g/mol. The summed E-state index contributed by atoms with van der Waals surface area (Å²) in [4.78, 5) is 10.3. The number of ether oxygens (including phenoxy) is 1. The van der Waals surface area contributed by atoms with E-state index in [0.29, 0.717) is 12.5 Å². The molecule has 0 amide bonds. The van der Waals surface area contributed by atoms with Gasteiger partial charge < -0.3 is 20.7 Å². The highest BCUT2D eigenvalue weighted by Gasteiger charge is 2.23. The van der Waals surface area contributed by atoms with E-state index in [1.54, 1.807) is 0 Å². The fourth-order valence-electron chi connectivity index (χ4n) is 1.85. The summed E-state index contributed by atoms with van der Waals surface area (Å²) in [5, 5.41) is 3.19. The van der Waals surface area contributed by atoms with Crippen LogP contribution >= 0.6 is 0 Å². The molecule has 0 unspecified atom stereocenters. The zero-order chi connectivity index (χ0) is 11.5. The van der Waals surface area contributed by atoms with Gasteiger partial charge in [0.25, 0.3) is 0 Å². The first-order chi connectivity index (χ1) is 7.72. The van der Waals surface area contributed by atoms with Gasteiger partial charge in [0.05, 0.1) is 12.8 Å². The Morgan fingerprint density at radius 1 is 1.62 bits per heavy atom. The average Bonchev–Trinajstić information content (AvgIpc) is 2.64. The van der Waals surface area contributed by atoms with Crippen LogP contribution in [0.4, 0.5) is 17.3 Å². The Morgan fingerprint density at radius 3 is 3.19 bits per heavy atom. The molecule has 3 N–H and O–H groups in total. The van der Waals surface area contributed by atoms with Gasteiger partial charge in [0.1, 0.15) is 12.0 Å². The van der Waals surface area contributed by atoms with Crippen LogP contribution in [0.3, 0.4) is 0 Å². The van der Waals surface area contributed by atoms with Gasteiger partial charge in [-0.25, -0.2) is 9.97 Å². The van der Waals surface area contributed by atoms with Gasteiger partial charge in [-0.15, -0.1) is 0 Å². The van der Waals surface area contributed by atoms with E-state index in [1.807, 2.05) is 13.8 Å². The number of fused-ring (bicyclic) bond motifs is 1. The summed E-state index contributed by atoms with van der Waals surface area (Å²) in [5.74, 6) is 1.36. The Bertz CT molecular complexity index is 370. The van der Waals surface area contributed by atoms with Gasteiger partial charge in [-0.3, -0.25) is 0 Å². The summed E-state index contributed by atoms with van der Waals surface area (Å²) in [6.45, 7) is 6.26. The Kier molecular flexibility index (Phi) is 3.09. The van der Waals surface area contributed by atoms with Gasteiger partial charge in [0.2, 0.25) is 0 Å². The van der Waals surface area contributed by atoms with Gasteiger partial charge >= 0.3 is 0 Å². The van der Waals surface area contributed by atoms with E-state index >= 15 is 0 Å². The number of nitrogens with zero attached hydrogens (tertiary/aromatic N) is 3. The largest absolute Gasteiger partial charge is 0.382 e. The van der Waals surface area contributed by atoms with Gasteiger partial charge in [-0.1, -0.05) is 0 Å². The average molecular weight is 223 g/mol. The SMILES string of the molecule is CCO[C@H](C)CN1CNc2c(N)ncnc21. The fourth-order valence-corrected chi connectivity index (χ4v) is 1.85. The topological polar surface area (TPSA) is 76.3 Å². The molecule has 1 aromatic heterocycles. The standard InChI is InChI=1S/C10H17N5O/c1-3-16-7(2)4-15-6-14-8-9(11)12-5-13-10(8)15/h5,7,14H,3-4,6H2,1-2H3,(H2,11,12,13)/t7-/m1/s1. The Balaban J connectivity index is 2.09. The number of anilines is 3. The smallest absolute Gasteiger partial charge is 0.159 e. The number of nitrogen functional groups attached to an aromatic ring is 1. The van der Waals surface area contributed by atoms with E-state index in [4.69, 9.17) is 10.5 Å². The zero-order valence-electron chi connectivity index (χ0n) is 9.60. The molecule has 6 nitrogen and oxygen atoms in total. The van der Waals surface area contributed by atoms with E-state index in [0.717, 1.165) is 24.7 Å². The Morgan fingerprint density at radius 2 is 2.44 bits per heavy atom. The first-order valence-corrected chi connectivity index (χ1v) is 5.43.